The molecule has 3 aromatic rings. The first-order valence-electron chi connectivity index (χ1n) is 7.39. The van der Waals surface area contributed by atoms with Crippen LogP contribution in [0, 0.1) is 5.82 Å². The van der Waals surface area contributed by atoms with Gasteiger partial charge in [0, 0.05) is 11.6 Å². The first kappa shape index (κ1) is 16.9. The van der Waals surface area contributed by atoms with Crippen molar-refractivity contribution in [2.75, 3.05) is 7.11 Å². The lowest BCUT2D eigenvalue weighted by Crippen LogP contribution is -1.86. The minimum absolute atomic E-state index is 0.323. The quantitative estimate of drug-likeness (QED) is 0.673. The normalized spacial score (nSPS) is 11.0. The second kappa shape index (κ2) is 7.27. The van der Waals surface area contributed by atoms with E-state index in [1.807, 2.05) is 24.3 Å². The van der Waals surface area contributed by atoms with E-state index in [1.54, 1.807) is 19.2 Å². The van der Waals surface area contributed by atoms with Crippen LogP contribution in [0.15, 0.2) is 54.6 Å². The van der Waals surface area contributed by atoms with Crippen LogP contribution in [0.4, 0.5) is 4.39 Å². The summed E-state index contributed by atoms with van der Waals surface area (Å²) in [5.41, 5.74) is 2.37. The summed E-state index contributed by atoms with van der Waals surface area (Å²) >= 11 is 1.37. The number of hydrogen-bond acceptors (Lipinski definition) is 4. The molecule has 126 valence electrons. The van der Waals surface area contributed by atoms with E-state index in [-0.39, 0.29) is 5.82 Å². The largest absolute Gasteiger partial charge is 0.497 e. The van der Waals surface area contributed by atoms with Crippen molar-refractivity contribution >= 4 is 23.4 Å². The lowest BCUT2D eigenvalue weighted by molar-refractivity contribution is -0.131. The highest BCUT2D eigenvalue weighted by atomic mass is 32.1. The molecule has 0 radical (unpaired) electrons. The predicted molar refractivity (Wildman–Crippen MR) is 96.2 cm³/mol. The average Bonchev–Trinajstić information content (AvgIpc) is 3.05. The minimum Gasteiger partial charge on any atom is -0.497 e. The molecule has 0 saturated heterocycles. The lowest BCUT2D eigenvalue weighted by Gasteiger charge is -2.04. The number of benzene rings is 2. The Kier molecular flexibility index (Phi) is 4.90. The molecule has 0 aliphatic carbocycles. The lowest BCUT2D eigenvalue weighted by atomic mass is 10.1. The first-order chi connectivity index (χ1) is 12.1. The molecule has 0 aliphatic rings. The SMILES string of the molecule is COc1ccc(-c2sc(/C=C/C(=O)O)nc2-c2ccc(F)cc2)cc1. The molecule has 0 saturated carbocycles. The summed E-state index contributed by atoms with van der Waals surface area (Å²) < 4.78 is 18.4. The molecule has 0 unspecified atom stereocenters. The van der Waals surface area contributed by atoms with Crippen LogP contribution in [0.2, 0.25) is 0 Å². The number of halogens is 1. The van der Waals surface area contributed by atoms with Crippen molar-refractivity contribution in [3.63, 3.8) is 0 Å². The first-order valence-corrected chi connectivity index (χ1v) is 8.20. The second-order valence-corrected chi connectivity index (χ2v) is 6.17. The van der Waals surface area contributed by atoms with Crippen molar-refractivity contribution in [3.05, 3.63) is 65.4 Å². The zero-order chi connectivity index (χ0) is 17.8. The van der Waals surface area contributed by atoms with Crippen LogP contribution in [0.25, 0.3) is 27.8 Å². The highest BCUT2D eigenvalue weighted by Gasteiger charge is 2.14. The maximum atomic E-state index is 13.2. The highest BCUT2D eigenvalue weighted by molar-refractivity contribution is 7.16. The van der Waals surface area contributed by atoms with E-state index in [0.29, 0.717) is 10.7 Å². The summed E-state index contributed by atoms with van der Waals surface area (Å²) in [5.74, 6) is -0.622. The third-order valence-electron chi connectivity index (χ3n) is 3.48. The maximum absolute atomic E-state index is 13.2. The van der Waals surface area contributed by atoms with Crippen LogP contribution in [0.3, 0.4) is 0 Å². The van der Waals surface area contributed by atoms with Gasteiger partial charge in [0.05, 0.1) is 17.7 Å². The Labute approximate surface area is 147 Å². The molecular formula is C19H14FNO3S. The molecule has 0 atom stereocenters. The molecule has 0 spiro atoms. The van der Waals surface area contributed by atoms with Crippen molar-refractivity contribution in [1.82, 2.24) is 4.98 Å². The van der Waals surface area contributed by atoms with E-state index in [9.17, 15) is 9.18 Å². The average molecular weight is 355 g/mol. The molecule has 6 heteroatoms. The number of carboxylic acid groups (broad SMARTS) is 1. The number of hydrogen-bond donors (Lipinski definition) is 1. The summed E-state index contributed by atoms with van der Waals surface area (Å²) in [6.07, 6.45) is 2.50. The Morgan fingerprint density at radius 3 is 2.36 bits per heavy atom. The van der Waals surface area contributed by atoms with Gasteiger partial charge >= 0.3 is 5.97 Å². The molecule has 2 aromatic carbocycles. The number of carboxylic acids is 1. The van der Waals surface area contributed by atoms with Gasteiger partial charge in [0.1, 0.15) is 16.6 Å². The van der Waals surface area contributed by atoms with Crippen molar-refractivity contribution in [1.29, 1.82) is 0 Å². The number of rotatable bonds is 5. The molecule has 0 aliphatic heterocycles. The summed E-state index contributed by atoms with van der Waals surface area (Å²) in [7, 11) is 1.60. The van der Waals surface area contributed by atoms with Crippen molar-refractivity contribution in [3.8, 4) is 27.4 Å². The standard InChI is InChI=1S/C19H14FNO3S/c1-24-15-8-4-13(5-9-15)19-18(12-2-6-14(20)7-3-12)21-16(25-19)10-11-17(22)23/h2-11H,1H3,(H,22,23)/b11-10+. The molecule has 3 rings (SSSR count). The molecule has 25 heavy (non-hydrogen) atoms. The Balaban J connectivity index is 2.10. The fraction of sp³-hybridized carbons (Fsp3) is 0.0526. The fourth-order valence-corrected chi connectivity index (χ4v) is 3.29. The zero-order valence-electron chi connectivity index (χ0n) is 13.3. The van der Waals surface area contributed by atoms with Crippen LogP contribution >= 0.6 is 11.3 Å². The minimum atomic E-state index is -1.04. The molecule has 0 amide bonds. The van der Waals surface area contributed by atoms with E-state index in [0.717, 1.165) is 27.8 Å². The van der Waals surface area contributed by atoms with Crippen LogP contribution in [0.1, 0.15) is 5.01 Å². The molecule has 0 bridgehead atoms. The molecule has 4 nitrogen and oxygen atoms in total. The molecule has 0 fully saturated rings. The summed E-state index contributed by atoms with van der Waals surface area (Å²) in [6.45, 7) is 0. The van der Waals surface area contributed by atoms with Crippen molar-refractivity contribution < 1.29 is 19.0 Å². The molecular weight excluding hydrogens is 341 g/mol. The van der Waals surface area contributed by atoms with Gasteiger partial charge in [-0.25, -0.2) is 14.2 Å². The van der Waals surface area contributed by atoms with Crippen molar-refractivity contribution in [2.24, 2.45) is 0 Å². The van der Waals surface area contributed by atoms with Gasteiger partial charge in [-0.05, 0) is 60.2 Å². The maximum Gasteiger partial charge on any atom is 0.328 e. The summed E-state index contributed by atoms with van der Waals surface area (Å²) in [6, 6.07) is 13.6. The second-order valence-electron chi connectivity index (χ2n) is 5.14. The monoisotopic (exact) mass is 355 g/mol. The van der Waals surface area contributed by atoms with Gasteiger partial charge in [-0.3, -0.25) is 0 Å². The van der Waals surface area contributed by atoms with Gasteiger partial charge in [-0.15, -0.1) is 11.3 Å². The summed E-state index contributed by atoms with van der Waals surface area (Å²) in [5, 5.41) is 9.37. The molecule has 1 N–H and O–H groups in total. The third-order valence-corrected chi connectivity index (χ3v) is 4.55. The molecule has 1 heterocycles. The zero-order valence-corrected chi connectivity index (χ0v) is 14.1. The van der Waals surface area contributed by atoms with Crippen LogP contribution in [-0.4, -0.2) is 23.2 Å². The smallest absolute Gasteiger partial charge is 0.328 e. The van der Waals surface area contributed by atoms with Crippen LogP contribution in [-0.2, 0) is 4.79 Å². The van der Waals surface area contributed by atoms with E-state index < -0.39 is 5.97 Å². The number of aromatic nitrogens is 1. The fourth-order valence-electron chi connectivity index (χ4n) is 2.29. The third kappa shape index (κ3) is 3.92. The number of ether oxygens (including phenoxy) is 1. The Morgan fingerprint density at radius 2 is 1.76 bits per heavy atom. The molecule has 1 aromatic heterocycles. The van der Waals surface area contributed by atoms with Gasteiger partial charge in [-0.1, -0.05) is 0 Å². The van der Waals surface area contributed by atoms with Crippen LogP contribution in [0.5, 0.6) is 5.75 Å². The highest BCUT2D eigenvalue weighted by Crippen LogP contribution is 2.38. The van der Waals surface area contributed by atoms with Crippen molar-refractivity contribution in [2.45, 2.75) is 0 Å². The number of carbonyl (C=O) groups is 1. The van der Waals surface area contributed by atoms with Gasteiger partial charge < -0.3 is 9.84 Å². The van der Waals surface area contributed by atoms with E-state index in [1.165, 1.54) is 29.5 Å². The van der Waals surface area contributed by atoms with Gasteiger partial charge in [0.15, 0.2) is 0 Å². The van der Waals surface area contributed by atoms with E-state index in [4.69, 9.17) is 9.84 Å². The van der Waals surface area contributed by atoms with Gasteiger partial charge in [0.2, 0.25) is 0 Å². The summed E-state index contributed by atoms with van der Waals surface area (Å²) in [4.78, 5) is 16.1. The number of thiazole rings is 1. The Hall–Kier alpha value is -2.99. The Morgan fingerprint density at radius 1 is 1.12 bits per heavy atom. The van der Waals surface area contributed by atoms with E-state index >= 15 is 0 Å². The number of methoxy groups -OCH3 is 1. The Bertz CT molecular complexity index is 915. The number of nitrogens with zero attached hydrogens (tertiary/aromatic N) is 1. The van der Waals surface area contributed by atoms with Gasteiger partial charge in [0.25, 0.3) is 0 Å². The van der Waals surface area contributed by atoms with E-state index in [2.05, 4.69) is 4.98 Å². The van der Waals surface area contributed by atoms with Crippen LogP contribution < -0.4 is 4.74 Å². The predicted octanol–water partition coefficient (Wildman–Crippen LogP) is 4.72. The topological polar surface area (TPSA) is 59.4 Å². The number of aliphatic carboxylic acids is 1. The van der Waals surface area contributed by atoms with Gasteiger partial charge in [-0.2, -0.15) is 0 Å².